The maximum absolute atomic E-state index is 5.70. The van der Waals surface area contributed by atoms with E-state index in [4.69, 9.17) is 9.84 Å². The molecule has 3 aromatic heterocycles. The summed E-state index contributed by atoms with van der Waals surface area (Å²) in [5, 5.41) is 13.1. The molecule has 0 N–H and O–H groups in total. The lowest BCUT2D eigenvalue weighted by Crippen LogP contribution is -2.29. The number of likely N-dealkylation sites (N-methyl/N-ethyl adjacent to an activating group) is 1. The molecule has 4 heterocycles. The predicted molar refractivity (Wildman–Crippen MR) is 86.3 cm³/mol. The van der Waals surface area contributed by atoms with Gasteiger partial charge in [-0.3, -0.25) is 4.98 Å². The highest BCUT2D eigenvalue weighted by molar-refractivity contribution is 5.58. The van der Waals surface area contributed by atoms with Crippen LogP contribution in [0.25, 0.3) is 17.0 Å². The van der Waals surface area contributed by atoms with Gasteiger partial charge in [-0.2, -0.15) is 4.52 Å². The van der Waals surface area contributed by atoms with Crippen LogP contribution in [-0.4, -0.2) is 51.1 Å². The van der Waals surface area contributed by atoms with Gasteiger partial charge in [0.15, 0.2) is 11.5 Å². The molecule has 7 nitrogen and oxygen atoms in total. The van der Waals surface area contributed by atoms with Crippen LogP contribution in [0.15, 0.2) is 36.7 Å². The summed E-state index contributed by atoms with van der Waals surface area (Å²) in [5.74, 6) is 1.60. The van der Waals surface area contributed by atoms with Crippen LogP contribution in [0.3, 0.4) is 0 Å². The summed E-state index contributed by atoms with van der Waals surface area (Å²) in [4.78, 5) is 6.16. The lowest BCUT2D eigenvalue weighted by Gasteiger charge is -2.21. The van der Waals surface area contributed by atoms with E-state index in [1.165, 1.54) is 0 Å². The average molecular weight is 310 g/mol. The number of fused-ring (bicyclic) bond motifs is 1. The molecule has 4 rings (SSSR count). The molecule has 7 heteroatoms. The van der Waals surface area contributed by atoms with Crippen LogP contribution in [0.5, 0.6) is 0 Å². The highest BCUT2D eigenvalue weighted by Gasteiger charge is 2.19. The Bertz CT molecular complexity index is 797. The zero-order chi connectivity index (χ0) is 15.6. The minimum absolute atomic E-state index is 0.290. The summed E-state index contributed by atoms with van der Waals surface area (Å²) >= 11 is 0. The smallest absolute Gasteiger partial charge is 0.185 e. The molecule has 1 saturated heterocycles. The fraction of sp³-hybridized carbons (Fsp3) is 0.375. The second-order valence-corrected chi connectivity index (χ2v) is 5.74. The molecule has 0 spiro atoms. The normalized spacial score (nSPS) is 17.7. The van der Waals surface area contributed by atoms with Gasteiger partial charge in [-0.05, 0) is 37.1 Å². The second kappa shape index (κ2) is 5.92. The quantitative estimate of drug-likeness (QED) is 0.732. The Balaban J connectivity index is 1.66. The summed E-state index contributed by atoms with van der Waals surface area (Å²) in [6.45, 7) is 1.70. The first-order valence-corrected chi connectivity index (χ1v) is 7.77. The number of hydrogen-bond donors (Lipinski definition) is 0. The van der Waals surface area contributed by atoms with E-state index in [0.717, 1.165) is 48.8 Å². The van der Waals surface area contributed by atoms with E-state index in [0.29, 0.717) is 0 Å². The fourth-order valence-electron chi connectivity index (χ4n) is 2.85. The van der Waals surface area contributed by atoms with Crippen molar-refractivity contribution in [3.8, 4) is 11.4 Å². The highest BCUT2D eigenvalue weighted by atomic mass is 16.5. The molecular formula is C16H18N6O. The molecule has 0 amide bonds. The van der Waals surface area contributed by atoms with E-state index in [9.17, 15) is 0 Å². The second-order valence-electron chi connectivity index (χ2n) is 5.74. The number of nitrogens with zero attached hydrogens (tertiary/aromatic N) is 6. The molecule has 0 saturated carbocycles. The zero-order valence-electron chi connectivity index (χ0n) is 13.0. The van der Waals surface area contributed by atoms with Crippen molar-refractivity contribution < 1.29 is 4.74 Å². The van der Waals surface area contributed by atoms with Gasteiger partial charge in [0, 0.05) is 38.2 Å². The maximum Gasteiger partial charge on any atom is 0.185 e. The van der Waals surface area contributed by atoms with Gasteiger partial charge in [-0.25, -0.2) is 0 Å². The molecule has 3 aromatic rings. The molecule has 0 aromatic carbocycles. The van der Waals surface area contributed by atoms with Crippen molar-refractivity contribution in [2.24, 2.45) is 0 Å². The number of rotatable bonds is 4. The zero-order valence-corrected chi connectivity index (χ0v) is 13.0. The molecule has 0 bridgehead atoms. The largest absolute Gasteiger partial charge is 0.376 e. The molecule has 1 unspecified atom stereocenters. The first-order chi connectivity index (χ1) is 11.3. The summed E-state index contributed by atoms with van der Waals surface area (Å²) in [5.41, 5.74) is 1.67. The fourth-order valence-corrected chi connectivity index (χ4v) is 2.85. The number of pyridine rings is 1. The van der Waals surface area contributed by atoms with Crippen LogP contribution in [0.1, 0.15) is 12.8 Å². The van der Waals surface area contributed by atoms with E-state index in [1.807, 2.05) is 31.3 Å². The standard InChI is InChI=1S/C16H18N6O/c1-21(11-13-3-2-10-23-13)15-5-4-14-18-19-16(22(14)20-15)12-6-8-17-9-7-12/h4-9,13H,2-3,10-11H2,1H3. The number of aromatic nitrogens is 5. The maximum atomic E-state index is 5.70. The lowest BCUT2D eigenvalue weighted by molar-refractivity contribution is 0.116. The Hall–Kier alpha value is -2.54. The van der Waals surface area contributed by atoms with Crippen LogP contribution >= 0.6 is 0 Å². The third kappa shape index (κ3) is 2.75. The third-order valence-electron chi connectivity index (χ3n) is 4.08. The molecule has 1 fully saturated rings. The Morgan fingerprint density at radius 1 is 1.22 bits per heavy atom. The van der Waals surface area contributed by atoms with E-state index < -0.39 is 0 Å². The third-order valence-corrected chi connectivity index (χ3v) is 4.08. The first-order valence-electron chi connectivity index (χ1n) is 7.77. The van der Waals surface area contributed by atoms with Crippen molar-refractivity contribution >= 4 is 11.5 Å². The van der Waals surface area contributed by atoms with E-state index in [1.54, 1.807) is 16.9 Å². The number of anilines is 1. The van der Waals surface area contributed by atoms with Crippen molar-refractivity contribution in [1.82, 2.24) is 24.8 Å². The Morgan fingerprint density at radius 2 is 2.09 bits per heavy atom. The number of ether oxygens (including phenoxy) is 1. The SMILES string of the molecule is CN(CC1CCCO1)c1ccc2nnc(-c3ccncc3)n2n1. The Labute approximate surface area is 133 Å². The highest BCUT2D eigenvalue weighted by Crippen LogP contribution is 2.20. The van der Waals surface area contributed by atoms with Crippen molar-refractivity contribution in [1.29, 1.82) is 0 Å². The van der Waals surface area contributed by atoms with Gasteiger partial charge in [0.25, 0.3) is 0 Å². The van der Waals surface area contributed by atoms with Gasteiger partial charge < -0.3 is 9.64 Å². The lowest BCUT2D eigenvalue weighted by atomic mass is 10.2. The average Bonchev–Trinajstić information content (AvgIpc) is 3.24. The van der Waals surface area contributed by atoms with E-state index >= 15 is 0 Å². The molecule has 1 atom stereocenters. The topological polar surface area (TPSA) is 68.4 Å². The van der Waals surface area contributed by atoms with Gasteiger partial charge in [0.1, 0.15) is 5.82 Å². The van der Waals surface area contributed by atoms with Crippen molar-refractivity contribution in [3.63, 3.8) is 0 Å². The minimum atomic E-state index is 0.290. The molecule has 0 aliphatic carbocycles. The first kappa shape index (κ1) is 14.1. The molecular weight excluding hydrogens is 292 g/mol. The van der Waals surface area contributed by atoms with E-state index in [-0.39, 0.29) is 6.10 Å². The van der Waals surface area contributed by atoms with Crippen LogP contribution < -0.4 is 4.90 Å². The molecule has 23 heavy (non-hydrogen) atoms. The summed E-state index contributed by atoms with van der Waals surface area (Å²) in [7, 11) is 2.03. The van der Waals surface area contributed by atoms with Crippen LogP contribution in [0.4, 0.5) is 5.82 Å². The molecule has 1 aliphatic heterocycles. The van der Waals surface area contributed by atoms with E-state index in [2.05, 4.69) is 20.1 Å². The Morgan fingerprint density at radius 3 is 2.87 bits per heavy atom. The van der Waals surface area contributed by atoms with Gasteiger partial charge in [0.2, 0.25) is 0 Å². The summed E-state index contributed by atoms with van der Waals surface area (Å²) in [6.07, 6.45) is 6.02. The predicted octanol–water partition coefficient (Wildman–Crippen LogP) is 1.80. The van der Waals surface area contributed by atoms with Crippen molar-refractivity contribution in [3.05, 3.63) is 36.7 Å². The number of hydrogen-bond acceptors (Lipinski definition) is 6. The van der Waals surface area contributed by atoms with Gasteiger partial charge in [-0.1, -0.05) is 0 Å². The molecule has 0 radical (unpaired) electrons. The van der Waals surface area contributed by atoms with Gasteiger partial charge >= 0.3 is 0 Å². The molecule has 1 aliphatic rings. The molecule has 118 valence electrons. The van der Waals surface area contributed by atoms with Crippen LogP contribution in [0, 0.1) is 0 Å². The van der Waals surface area contributed by atoms with Gasteiger partial charge in [-0.15, -0.1) is 15.3 Å². The Kier molecular flexibility index (Phi) is 3.63. The van der Waals surface area contributed by atoms with Crippen LogP contribution in [0.2, 0.25) is 0 Å². The van der Waals surface area contributed by atoms with Crippen molar-refractivity contribution in [2.75, 3.05) is 25.1 Å². The summed E-state index contributed by atoms with van der Waals surface area (Å²) in [6, 6.07) is 7.71. The monoisotopic (exact) mass is 310 g/mol. The summed E-state index contributed by atoms with van der Waals surface area (Å²) < 4.78 is 7.48. The van der Waals surface area contributed by atoms with Gasteiger partial charge in [0.05, 0.1) is 6.10 Å². The van der Waals surface area contributed by atoms with Crippen molar-refractivity contribution in [2.45, 2.75) is 18.9 Å². The minimum Gasteiger partial charge on any atom is -0.376 e. The van der Waals surface area contributed by atoms with Crippen LogP contribution in [-0.2, 0) is 4.74 Å².